The maximum Gasteiger partial charge on any atom is 0.257 e. The predicted molar refractivity (Wildman–Crippen MR) is 78.3 cm³/mol. The second-order valence-corrected chi connectivity index (χ2v) is 6.18. The minimum atomic E-state index is -0.808. The maximum absolute atomic E-state index is 13.7. The van der Waals surface area contributed by atoms with Gasteiger partial charge in [0.05, 0.1) is 9.98 Å². The van der Waals surface area contributed by atoms with Crippen LogP contribution in [0.1, 0.15) is 17.3 Å². The summed E-state index contributed by atoms with van der Waals surface area (Å²) in [4.78, 5) is 15.8. The van der Waals surface area contributed by atoms with Gasteiger partial charge in [0.25, 0.3) is 5.91 Å². The van der Waals surface area contributed by atoms with Gasteiger partial charge in [-0.2, -0.15) is 0 Å². The third-order valence-corrected chi connectivity index (χ3v) is 3.75. The van der Waals surface area contributed by atoms with Crippen LogP contribution in [0.5, 0.6) is 0 Å². The zero-order valence-electron chi connectivity index (χ0n) is 10.3. The average molecular weight is 362 g/mol. The van der Waals surface area contributed by atoms with Crippen molar-refractivity contribution in [2.75, 3.05) is 17.2 Å². The van der Waals surface area contributed by atoms with E-state index in [9.17, 15) is 13.6 Å². The Morgan fingerprint density at radius 3 is 2.55 bits per heavy atom. The summed E-state index contributed by atoms with van der Waals surface area (Å²) < 4.78 is 28.1. The standard InChI is InChI=1S/C12H10BrF2N3OS/c1-2-16-10-7(14)3-6(4-8(10)15)11(19)18-12-17-5-9(13)20-12/h3-5,16H,2H2,1H3,(H,17,18,19). The topological polar surface area (TPSA) is 54.0 Å². The molecule has 1 heterocycles. The lowest BCUT2D eigenvalue weighted by Crippen LogP contribution is -2.13. The Balaban J connectivity index is 2.22. The number of hydrogen-bond acceptors (Lipinski definition) is 4. The molecule has 2 N–H and O–H groups in total. The van der Waals surface area contributed by atoms with Crippen molar-refractivity contribution in [1.82, 2.24) is 4.98 Å². The molecule has 0 unspecified atom stereocenters. The highest BCUT2D eigenvalue weighted by molar-refractivity contribution is 9.11. The molecule has 0 bridgehead atoms. The van der Waals surface area contributed by atoms with Gasteiger partial charge in [0.1, 0.15) is 17.3 Å². The molecule has 1 aromatic heterocycles. The summed E-state index contributed by atoms with van der Waals surface area (Å²) in [5.74, 6) is -2.23. The molecule has 106 valence electrons. The molecule has 0 saturated carbocycles. The van der Waals surface area contributed by atoms with Gasteiger partial charge in [-0.1, -0.05) is 11.3 Å². The van der Waals surface area contributed by atoms with E-state index in [1.807, 2.05) is 0 Å². The van der Waals surface area contributed by atoms with Gasteiger partial charge in [-0.3, -0.25) is 10.1 Å². The highest BCUT2D eigenvalue weighted by Gasteiger charge is 2.15. The summed E-state index contributed by atoms with van der Waals surface area (Å²) in [5.41, 5.74) is -0.339. The van der Waals surface area contributed by atoms with Gasteiger partial charge >= 0.3 is 0 Å². The molecule has 0 aliphatic rings. The first-order chi connectivity index (χ1) is 9.51. The van der Waals surface area contributed by atoms with E-state index < -0.39 is 17.5 Å². The highest BCUT2D eigenvalue weighted by atomic mass is 79.9. The highest BCUT2D eigenvalue weighted by Crippen LogP contribution is 2.25. The molecule has 0 fully saturated rings. The van der Waals surface area contributed by atoms with E-state index in [-0.39, 0.29) is 11.3 Å². The van der Waals surface area contributed by atoms with Gasteiger partial charge in [-0.25, -0.2) is 13.8 Å². The molecule has 8 heteroatoms. The van der Waals surface area contributed by atoms with Crippen LogP contribution < -0.4 is 10.6 Å². The molecular weight excluding hydrogens is 352 g/mol. The number of aromatic nitrogens is 1. The summed E-state index contributed by atoms with van der Waals surface area (Å²) in [5, 5.41) is 5.38. The number of halogens is 3. The molecule has 0 saturated heterocycles. The van der Waals surface area contributed by atoms with Gasteiger partial charge < -0.3 is 5.32 Å². The minimum Gasteiger partial charge on any atom is -0.381 e. The summed E-state index contributed by atoms with van der Waals surface area (Å²) in [7, 11) is 0. The van der Waals surface area contributed by atoms with E-state index >= 15 is 0 Å². The number of hydrogen-bond donors (Lipinski definition) is 2. The Kier molecular flexibility index (Phi) is 4.66. The number of benzene rings is 1. The lowest BCUT2D eigenvalue weighted by Gasteiger charge is -2.08. The fraction of sp³-hybridized carbons (Fsp3) is 0.167. The Morgan fingerprint density at radius 2 is 2.05 bits per heavy atom. The SMILES string of the molecule is CCNc1c(F)cc(C(=O)Nc2ncc(Br)s2)cc1F. The van der Waals surface area contributed by atoms with Crippen molar-refractivity contribution in [3.63, 3.8) is 0 Å². The van der Waals surface area contributed by atoms with Gasteiger partial charge in [0.2, 0.25) is 0 Å². The number of nitrogens with one attached hydrogen (secondary N) is 2. The second kappa shape index (κ2) is 6.27. The van der Waals surface area contributed by atoms with Crippen LogP contribution >= 0.6 is 27.3 Å². The van der Waals surface area contributed by atoms with Gasteiger partial charge in [0.15, 0.2) is 5.13 Å². The van der Waals surface area contributed by atoms with E-state index in [4.69, 9.17) is 0 Å². The Morgan fingerprint density at radius 1 is 1.40 bits per heavy atom. The molecule has 20 heavy (non-hydrogen) atoms. The predicted octanol–water partition coefficient (Wildman–Crippen LogP) is 3.87. The molecule has 2 rings (SSSR count). The molecule has 0 spiro atoms. The Labute approximate surface area is 126 Å². The van der Waals surface area contributed by atoms with Crippen LogP contribution in [0.3, 0.4) is 0 Å². The normalized spacial score (nSPS) is 10.4. The second-order valence-electron chi connectivity index (χ2n) is 3.77. The van der Waals surface area contributed by atoms with Crippen LogP contribution in [0.4, 0.5) is 19.6 Å². The molecule has 1 amide bonds. The number of rotatable bonds is 4. The molecule has 1 aromatic carbocycles. The number of thiazole rings is 1. The number of anilines is 2. The smallest absolute Gasteiger partial charge is 0.257 e. The third-order valence-electron chi connectivity index (χ3n) is 2.36. The van der Waals surface area contributed by atoms with Crippen LogP contribution in [-0.4, -0.2) is 17.4 Å². The first-order valence-corrected chi connectivity index (χ1v) is 7.27. The summed E-state index contributed by atoms with van der Waals surface area (Å²) in [6.45, 7) is 2.10. The number of carbonyl (C=O) groups is 1. The van der Waals surface area contributed by atoms with Crippen LogP contribution in [0.25, 0.3) is 0 Å². The molecule has 0 atom stereocenters. The van der Waals surface area contributed by atoms with Crippen molar-refractivity contribution in [3.05, 3.63) is 39.3 Å². The molecule has 0 radical (unpaired) electrons. The molecular formula is C12H10BrF2N3OS. The lowest BCUT2D eigenvalue weighted by atomic mass is 10.1. The zero-order valence-corrected chi connectivity index (χ0v) is 12.7. The van der Waals surface area contributed by atoms with Gasteiger partial charge in [-0.05, 0) is 35.0 Å². The number of nitrogens with zero attached hydrogens (tertiary/aromatic N) is 1. The molecule has 0 aliphatic carbocycles. The fourth-order valence-electron chi connectivity index (χ4n) is 1.53. The van der Waals surface area contributed by atoms with Crippen molar-refractivity contribution >= 4 is 44.0 Å². The maximum atomic E-state index is 13.7. The Bertz CT molecular complexity index is 624. The van der Waals surface area contributed by atoms with Crippen LogP contribution in [0, 0.1) is 11.6 Å². The largest absolute Gasteiger partial charge is 0.381 e. The quantitative estimate of drug-likeness (QED) is 0.868. The number of carbonyl (C=O) groups excluding carboxylic acids is 1. The fourth-order valence-corrected chi connectivity index (χ4v) is 2.63. The lowest BCUT2D eigenvalue weighted by molar-refractivity contribution is 0.102. The molecule has 4 nitrogen and oxygen atoms in total. The van der Waals surface area contributed by atoms with Crippen molar-refractivity contribution in [3.8, 4) is 0 Å². The summed E-state index contributed by atoms with van der Waals surface area (Å²) in [6, 6.07) is 1.97. The molecule has 2 aromatic rings. The minimum absolute atomic E-state index is 0.104. The third kappa shape index (κ3) is 3.31. The van der Waals surface area contributed by atoms with E-state index in [0.717, 1.165) is 15.9 Å². The van der Waals surface area contributed by atoms with Crippen molar-refractivity contribution in [2.45, 2.75) is 6.92 Å². The van der Waals surface area contributed by atoms with Gasteiger partial charge in [-0.15, -0.1) is 0 Å². The van der Waals surface area contributed by atoms with Crippen LogP contribution in [-0.2, 0) is 0 Å². The monoisotopic (exact) mass is 361 g/mol. The van der Waals surface area contributed by atoms with E-state index in [0.29, 0.717) is 11.7 Å². The first kappa shape index (κ1) is 14.9. The first-order valence-electron chi connectivity index (χ1n) is 5.67. The van der Waals surface area contributed by atoms with E-state index in [1.54, 1.807) is 6.92 Å². The van der Waals surface area contributed by atoms with Crippen LogP contribution in [0.2, 0.25) is 0 Å². The summed E-state index contributed by atoms with van der Waals surface area (Å²) in [6.07, 6.45) is 1.52. The van der Waals surface area contributed by atoms with E-state index in [2.05, 4.69) is 31.5 Å². The van der Waals surface area contributed by atoms with Crippen molar-refractivity contribution in [1.29, 1.82) is 0 Å². The van der Waals surface area contributed by atoms with Crippen molar-refractivity contribution < 1.29 is 13.6 Å². The van der Waals surface area contributed by atoms with Crippen LogP contribution in [0.15, 0.2) is 22.1 Å². The van der Waals surface area contributed by atoms with Crippen molar-refractivity contribution in [2.24, 2.45) is 0 Å². The van der Waals surface area contributed by atoms with E-state index in [1.165, 1.54) is 17.5 Å². The summed E-state index contributed by atoms with van der Waals surface area (Å²) >= 11 is 4.41. The average Bonchev–Trinajstić information content (AvgIpc) is 2.79. The zero-order chi connectivity index (χ0) is 14.7. The molecule has 0 aliphatic heterocycles. The van der Waals surface area contributed by atoms with Gasteiger partial charge in [0, 0.05) is 12.1 Å². The number of amides is 1. The Hall–Kier alpha value is -1.54.